The van der Waals surface area contributed by atoms with E-state index in [1.165, 1.54) is 0 Å². The maximum atomic E-state index is 12.1. The number of allylic oxidation sites excluding steroid dienone is 2. The van der Waals surface area contributed by atoms with Gasteiger partial charge in [-0.25, -0.2) is 0 Å². The van der Waals surface area contributed by atoms with E-state index in [0.717, 1.165) is 12.8 Å². The van der Waals surface area contributed by atoms with Gasteiger partial charge in [-0.05, 0) is 44.8 Å². The Hall–Kier alpha value is -2.07. The van der Waals surface area contributed by atoms with Gasteiger partial charge in [-0.3, -0.25) is 4.79 Å². The number of rotatable bonds is 3. The van der Waals surface area contributed by atoms with Crippen LogP contribution in [0.2, 0.25) is 0 Å². The summed E-state index contributed by atoms with van der Waals surface area (Å²) in [6.45, 7) is 3.65. The molecular weight excluding hydrogens is 240 g/mol. The molecule has 0 aromatic carbocycles. The topological polar surface area (TPSA) is 73.9 Å². The third-order valence-electron chi connectivity index (χ3n) is 3.20. The van der Waals surface area contributed by atoms with E-state index in [2.05, 4.69) is 0 Å². The average Bonchev–Trinajstić information content (AvgIpc) is 2.41. The van der Waals surface area contributed by atoms with E-state index in [9.17, 15) is 4.79 Å². The van der Waals surface area contributed by atoms with Gasteiger partial charge in [0.2, 0.25) is 0 Å². The van der Waals surface area contributed by atoms with Crippen molar-refractivity contribution in [2.45, 2.75) is 45.6 Å². The van der Waals surface area contributed by atoms with Crippen LogP contribution < -0.4 is 0 Å². The molecule has 0 N–H and O–H groups in total. The molecule has 2 atom stereocenters. The van der Waals surface area contributed by atoms with Gasteiger partial charge in [0.25, 0.3) is 0 Å². The molecule has 0 aromatic heterocycles. The first kappa shape index (κ1) is 15.0. The summed E-state index contributed by atoms with van der Waals surface area (Å²) >= 11 is 0. The van der Waals surface area contributed by atoms with Crippen LogP contribution in [-0.4, -0.2) is 12.1 Å². The van der Waals surface area contributed by atoms with Crippen molar-refractivity contribution in [2.24, 2.45) is 5.92 Å². The SMILES string of the molecule is C/C=C/C(C)OC(=O)C1CCCCC1=C(C#N)C#N. The summed E-state index contributed by atoms with van der Waals surface area (Å²) in [5.41, 5.74) is 0.717. The molecule has 0 heterocycles. The second-order valence-electron chi connectivity index (χ2n) is 4.59. The zero-order valence-corrected chi connectivity index (χ0v) is 11.3. The van der Waals surface area contributed by atoms with Crippen LogP contribution in [0.1, 0.15) is 39.5 Å². The van der Waals surface area contributed by atoms with Crippen molar-refractivity contribution in [3.63, 3.8) is 0 Å². The van der Waals surface area contributed by atoms with Crippen molar-refractivity contribution in [3.8, 4) is 12.1 Å². The van der Waals surface area contributed by atoms with E-state index >= 15 is 0 Å². The van der Waals surface area contributed by atoms with Crippen molar-refractivity contribution >= 4 is 5.97 Å². The van der Waals surface area contributed by atoms with Crippen molar-refractivity contribution in [1.29, 1.82) is 10.5 Å². The van der Waals surface area contributed by atoms with Gasteiger partial charge in [0.15, 0.2) is 0 Å². The zero-order chi connectivity index (χ0) is 14.3. The summed E-state index contributed by atoms with van der Waals surface area (Å²) in [7, 11) is 0. The molecule has 4 nitrogen and oxygen atoms in total. The fourth-order valence-corrected chi connectivity index (χ4v) is 2.32. The highest BCUT2D eigenvalue weighted by Crippen LogP contribution is 2.32. The van der Waals surface area contributed by atoms with E-state index in [0.29, 0.717) is 18.4 Å². The molecule has 1 rings (SSSR count). The maximum Gasteiger partial charge on any atom is 0.313 e. The molecule has 0 bridgehead atoms. The van der Waals surface area contributed by atoms with Gasteiger partial charge >= 0.3 is 5.97 Å². The standard InChI is InChI=1S/C15H18N2O2/c1-3-6-11(2)19-15(18)14-8-5-4-7-13(14)12(9-16)10-17/h3,6,11,14H,4-5,7-8H2,1-2H3/b6-3+. The van der Waals surface area contributed by atoms with E-state index in [-0.39, 0.29) is 17.6 Å². The van der Waals surface area contributed by atoms with Crippen molar-refractivity contribution in [1.82, 2.24) is 0 Å². The van der Waals surface area contributed by atoms with Crippen LogP contribution in [0.25, 0.3) is 0 Å². The number of ether oxygens (including phenoxy) is 1. The van der Waals surface area contributed by atoms with Crippen LogP contribution in [0.4, 0.5) is 0 Å². The van der Waals surface area contributed by atoms with Crippen molar-refractivity contribution in [3.05, 3.63) is 23.3 Å². The third kappa shape index (κ3) is 3.96. The zero-order valence-electron chi connectivity index (χ0n) is 11.3. The highest BCUT2D eigenvalue weighted by molar-refractivity contribution is 5.77. The normalized spacial score (nSPS) is 20.4. The second-order valence-corrected chi connectivity index (χ2v) is 4.59. The summed E-state index contributed by atoms with van der Waals surface area (Å²) in [5, 5.41) is 17.9. The van der Waals surface area contributed by atoms with E-state index in [1.807, 2.05) is 25.1 Å². The lowest BCUT2D eigenvalue weighted by molar-refractivity contribution is -0.150. The molecule has 1 aliphatic carbocycles. The van der Waals surface area contributed by atoms with Crippen molar-refractivity contribution in [2.75, 3.05) is 0 Å². The quantitative estimate of drug-likeness (QED) is 0.443. The Balaban J connectivity index is 2.90. The van der Waals surface area contributed by atoms with Crippen LogP contribution in [0.3, 0.4) is 0 Å². The molecule has 0 radical (unpaired) electrons. The monoisotopic (exact) mass is 258 g/mol. The Morgan fingerprint density at radius 3 is 2.68 bits per heavy atom. The molecule has 0 spiro atoms. The number of hydrogen-bond donors (Lipinski definition) is 0. The minimum absolute atomic E-state index is 0.0698. The predicted molar refractivity (Wildman–Crippen MR) is 70.6 cm³/mol. The van der Waals surface area contributed by atoms with Gasteiger partial charge in [-0.2, -0.15) is 10.5 Å². The van der Waals surface area contributed by atoms with Gasteiger partial charge in [0, 0.05) is 0 Å². The molecule has 100 valence electrons. The summed E-state index contributed by atoms with van der Waals surface area (Å²) in [6.07, 6.45) is 6.46. The molecule has 4 heteroatoms. The molecule has 0 amide bonds. The number of nitrogens with zero attached hydrogens (tertiary/aromatic N) is 2. The molecule has 1 aliphatic rings. The van der Waals surface area contributed by atoms with Gasteiger partial charge in [0.05, 0.1) is 5.92 Å². The molecule has 1 saturated carbocycles. The predicted octanol–water partition coefficient (Wildman–Crippen LogP) is 3.03. The summed E-state index contributed by atoms with van der Waals surface area (Å²) in [4.78, 5) is 12.1. The lowest BCUT2D eigenvalue weighted by Crippen LogP contribution is -2.26. The Morgan fingerprint density at radius 1 is 1.42 bits per heavy atom. The Morgan fingerprint density at radius 2 is 2.11 bits per heavy atom. The van der Waals surface area contributed by atoms with Gasteiger partial charge < -0.3 is 4.74 Å². The average molecular weight is 258 g/mol. The van der Waals surface area contributed by atoms with Crippen LogP contribution in [-0.2, 0) is 9.53 Å². The number of hydrogen-bond acceptors (Lipinski definition) is 4. The van der Waals surface area contributed by atoms with Gasteiger partial charge in [-0.1, -0.05) is 12.5 Å². The van der Waals surface area contributed by atoms with E-state index in [1.54, 1.807) is 13.0 Å². The molecule has 2 unspecified atom stereocenters. The van der Waals surface area contributed by atoms with Crippen molar-refractivity contribution < 1.29 is 9.53 Å². The highest BCUT2D eigenvalue weighted by atomic mass is 16.5. The van der Waals surface area contributed by atoms with Crippen LogP contribution in [0, 0.1) is 28.6 Å². The van der Waals surface area contributed by atoms with Crippen LogP contribution in [0.5, 0.6) is 0 Å². The van der Waals surface area contributed by atoms with E-state index in [4.69, 9.17) is 15.3 Å². The molecule has 0 saturated heterocycles. The molecule has 0 aliphatic heterocycles. The largest absolute Gasteiger partial charge is 0.458 e. The molecular formula is C15H18N2O2. The Kier molecular flexibility index (Phi) is 5.82. The first-order valence-corrected chi connectivity index (χ1v) is 6.50. The fourth-order valence-electron chi connectivity index (χ4n) is 2.32. The van der Waals surface area contributed by atoms with Crippen LogP contribution >= 0.6 is 0 Å². The lowest BCUT2D eigenvalue weighted by Gasteiger charge is -2.24. The number of nitriles is 2. The Bertz CT molecular complexity index is 461. The minimum atomic E-state index is -0.434. The van der Waals surface area contributed by atoms with Gasteiger partial charge in [0.1, 0.15) is 23.8 Å². The second kappa shape index (κ2) is 7.38. The first-order chi connectivity index (χ1) is 9.13. The number of carbonyl (C=O) groups excluding carboxylic acids is 1. The number of carbonyl (C=O) groups is 1. The molecule has 19 heavy (non-hydrogen) atoms. The smallest absolute Gasteiger partial charge is 0.313 e. The maximum absolute atomic E-state index is 12.1. The minimum Gasteiger partial charge on any atom is -0.458 e. The third-order valence-corrected chi connectivity index (χ3v) is 3.20. The fraction of sp³-hybridized carbons (Fsp3) is 0.533. The Labute approximate surface area is 114 Å². The first-order valence-electron chi connectivity index (χ1n) is 6.50. The highest BCUT2D eigenvalue weighted by Gasteiger charge is 2.30. The summed E-state index contributed by atoms with van der Waals surface area (Å²) in [6, 6.07) is 3.76. The summed E-state index contributed by atoms with van der Waals surface area (Å²) in [5.74, 6) is -0.765. The summed E-state index contributed by atoms with van der Waals surface area (Å²) < 4.78 is 5.32. The van der Waals surface area contributed by atoms with Crippen LogP contribution in [0.15, 0.2) is 23.3 Å². The molecule has 1 fully saturated rings. The van der Waals surface area contributed by atoms with E-state index < -0.39 is 5.92 Å². The lowest BCUT2D eigenvalue weighted by atomic mass is 9.82. The molecule has 0 aromatic rings. The number of esters is 1. The van der Waals surface area contributed by atoms with Gasteiger partial charge in [-0.15, -0.1) is 0 Å².